The SMILES string of the molecule is CNC[C@H]1CCN(CC2CCC(n3ccc(NC(=O)N4CCN(C(=O)C(C)(C)NC(=O)OC(C)(C)C)CC4)nc3=O)CC2)C1. The average Bonchev–Trinajstić information content (AvgIpc) is 3.39. The summed E-state index contributed by atoms with van der Waals surface area (Å²) < 4.78 is 7.00. The first-order valence-electron chi connectivity index (χ1n) is 16.1. The van der Waals surface area contributed by atoms with Gasteiger partial charge < -0.3 is 30.1 Å². The van der Waals surface area contributed by atoms with Crippen LogP contribution in [0.15, 0.2) is 17.1 Å². The fourth-order valence-corrected chi connectivity index (χ4v) is 6.57. The topological polar surface area (TPSA) is 141 Å². The Labute approximate surface area is 261 Å². The number of urea groups is 1. The Bertz CT molecular complexity index is 1210. The number of ether oxygens (including phenoxy) is 1. The molecule has 0 radical (unpaired) electrons. The zero-order chi connectivity index (χ0) is 32.1. The van der Waals surface area contributed by atoms with Gasteiger partial charge in [0.05, 0.1) is 0 Å². The minimum atomic E-state index is -1.16. The van der Waals surface area contributed by atoms with E-state index in [2.05, 4.69) is 25.8 Å². The zero-order valence-electron chi connectivity index (χ0n) is 27.4. The maximum absolute atomic E-state index is 13.1. The van der Waals surface area contributed by atoms with E-state index < -0.39 is 17.2 Å². The first kappa shape index (κ1) is 33.7. The molecular weight excluding hydrogens is 564 g/mol. The number of piperazine rings is 1. The van der Waals surface area contributed by atoms with Crippen molar-refractivity contribution < 1.29 is 19.1 Å². The van der Waals surface area contributed by atoms with Crippen LogP contribution in [0, 0.1) is 11.8 Å². The number of hydrogen-bond donors (Lipinski definition) is 3. The lowest BCUT2D eigenvalue weighted by Gasteiger charge is -2.38. The zero-order valence-corrected chi connectivity index (χ0v) is 27.4. The van der Waals surface area contributed by atoms with Gasteiger partial charge in [0, 0.05) is 51.5 Å². The van der Waals surface area contributed by atoms with E-state index in [1.165, 1.54) is 19.5 Å². The van der Waals surface area contributed by atoms with Crippen molar-refractivity contribution in [1.82, 2.24) is 34.9 Å². The molecule has 1 aliphatic carbocycles. The lowest BCUT2D eigenvalue weighted by Crippen LogP contribution is -2.60. The standard InChI is InChI=1S/C31H52N8O5/c1-30(2,3)44-29(43)35-31(4,5)26(40)37-15-17-38(18-16-37)27(41)33-25-12-14-39(28(42)34-25)24-9-7-22(8-10-24)20-36-13-11-23(21-36)19-32-6/h12,14,22-24,32H,7-11,13,15-21H2,1-6H3,(H,35,43)(H,33,34,41,42)/t22?,23-,24?/m1/s1. The maximum Gasteiger partial charge on any atom is 0.408 e. The summed E-state index contributed by atoms with van der Waals surface area (Å²) in [6, 6.07) is 1.45. The number of hydrogen-bond acceptors (Lipinski definition) is 8. The second-order valence-electron chi connectivity index (χ2n) is 14.1. The molecule has 2 saturated heterocycles. The summed E-state index contributed by atoms with van der Waals surface area (Å²) in [5, 5.41) is 8.68. The molecule has 246 valence electrons. The quantitative estimate of drug-likeness (QED) is 0.405. The maximum atomic E-state index is 13.1. The van der Waals surface area contributed by atoms with Crippen LogP contribution in [0.5, 0.6) is 0 Å². The van der Waals surface area contributed by atoms with Gasteiger partial charge in [0.15, 0.2) is 0 Å². The predicted molar refractivity (Wildman–Crippen MR) is 169 cm³/mol. The van der Waals surface area contributed by atoms with Gasteiger partial charge in [0.25, 0.3) is 0 Å². The van der Waals surface area contributed by atoms with Crippen molar-refractivity contribution in [2.45, 2.75) is 83.9 Å². The van der Waals surface area contributed by atoms with E-state index in [1.807, 2.05) is 7.05 Å². The highest BCUT2D eigenvalue weighted by molar-refractivity contribution is 5.90. The summed E-state index contributed by atoms with van der Waals surface area (Å²) in [5.41, 5.74) is -2.19. The van der Waals surface area contributed by atoms with Gasteiger partial charge >= 0.3 is 17.8 Å². The molecular formula is C31H52N8O5. The molecule has 4 rings (SSSR count). The fourth-order valence-electron chi connectivity index (χ4n) is 6.57. The van der Waals surface area contributed by atoms with Gasteiger partial charge in [-0.2, -0.15) is 4.98 Å². The molecule has 3 N–H and O–H groups in total. The molecule has 0 unspecified atom stereocenters. The van der Waals surface area contributed by atoms with Crippen LogP contribution in [0.3, 0.4) is 0 Å². The number of alkyl carbamates (subject to hydrolysis) is 1. The summed E-state index contributed by atoms with van der Waals surface area (Å²) in [6.07, 6.45) is 6.47. The molecule has 13 heteroatoms. The van der Waals surface area contributed by atoms with E-state index in [0.29, 0.717) is 32.1 Å². The number of aromatic nitrogens is 2. The number of likely N-dealkylation sites (tertiary alicyclic amines) is 1. The van der Waals surface area contributed by atoms with E-state index >= 15 is 0 Å². The highest BCUT2D eigenvalue weighted by Crippen LogP contribution is 2.33. The van der Waals surface area contributed by atoms with Crippen LogP contribution in [0.4, 0.5) is 15.4 Å². The smallest absolute Gasteiger partial charge is 0.408 e. The summed E-state index contributed by atoms with van der Waals surface area (Å²) in [7, 11) is 2.02. The lowest BCUT2D eigenvalue weighted by molar-refractivity contribution is -0.138. The van der Waals surface area contributed by atoms with Crippen LogP contribution in [-0.4, -0.2) is 113 Å². The number of rotatable bonds is 8. The highest BCUT2D eigenvalue weighted by Gasteiger charge is 2.37. The first-order valence-corrected chi connectivity index (χ1v) is 16.1. The van der Waals surface area contributed by atoms with Gasteiger partial charge in [-0.25, -0.2) is 14.4 Å². The van der Waals surface area contributed by atoms with Crippen molar-refractivity contribution in [1.29, 1.82) is 0 Å². The number of carbonyl (C=O) groups excluding carboxylic acids is 3. The van der Waals surface area contributed by atoms with Crippen LogP contribution < -0.4 is 21.6 Å². The monoisotopic (exact) mass is 616 g/mol. The Morgan fingerprint density at radius 3 is 2.20 bits per heavy atom. The second kappa shape index (κ2) is 14.3. The molecule has 1 aromatic rings. The third-order valence-corrected chi connectivity index (χ3v) is 8.86. The molecule has 13 nitrogen and oxygen atoms in total. The molecule has 4 amide bonds. The van der Waals surface area contributed by atoms with Crippen molar-refractivity contribution >= 4 is 23.8 Å². The third kappa shape index (κ3) is 9.16. The highest BCUT2D eigenvalue weighted by atomic mass is 16.6. The largest absolute Gasteiger partial charge is 0.444 e. The predicted octanol–water partition coefficient (Wildman–Crippen LogP) is 2.50. The number of nitrogens with one attached hydrogen (secondary N) is 3. The van der Waals surface area contributed by atoms with Gasteiger partial charge in [0.1, 0.15) is 17.0 Å². The number of anilines is 1. The van der Waals surface area contributed by atoms with E-state index in [0.717, 1.165) is 44.7 Å². The van der Waals surface area contributed by atoms with Crippen molar-refractivity contribution in [3.05, 3.63) is 22.7 Å². The minimum absolute atomic E-state index is 0.131. The Morgan fingerprint density at radius 1 is 0.932 bits per heavy atom. The van der Waals surface area contributed by atoms with E-state index in [4.69, 9.17) is 4.74 Å². The van der Waals surface area contributed by atoms with Crippen LogP contribution in [0.25, 0.3) is 0 Å². The number of amides is 4. The molecule has 0 spiro atoms. The van der Waals surface area contributed by atoms with Crippen LogP contribution in [0.2, 0.25) is 0 Å². The Morgan fingerprint density at radius 2 is 1.59 bits per heavy atom. The molecule has 1 atom stereocenters. The first-order chi connectivity index (χ1) is 20.7. The van der Waals surface area contributed by atoms with Gasteiger partial charge in [-0.3, -0.25) is 14.7 Å². The fraction of sp³-hybridized carbons (Fsp3) is 0.774. The molecule has 1 aromatic heterocycles. The van der Waals surface area contributed by atoms with Crippen molar-refractivity contribution in [3.63, 3.8) is 0 Å². The van der Waals surface area contributed by atoms with Gasteiger partial charge in [-0.15, -0.1) is 0 Å². The van der Waals surface area contributed by atoms with Crippen molar-refractivity contribution in [2.24, 2.45) is 11.8 Å². The molecule has 3 aliphatic rings. The van der Waals surface area contributed by atoms with Gasteiger partial charge in [0.2, 0.25) is 5.91 Å². The Hall–Kier alpha value is -3.19. The Kier molecular flexibility index (Phi) is 10.9. The molecule has 0 aromatic carbocycles. The molecule has 1 saturated carbocycles. The Balaban J connectivity index is 1.21. The third-order valence-electron chi connectivity index (χ3n) is 8.86. The van der Waals surface area contributed by atoms with Crippen LogP contribution >= 0.6 is 0 Å². The normalized spacial score (nSPS) is 23.4. The summed E-state index contributed by atoms with van der Waals surface area (Å²) in [4.78, 5) is 61.1. The number of nitrogens with zero attached hydrogens (tertiary/aromatic N) is 5. The summed E-state index contributed by atoms with van der Waals surface area (Å²) in [6.45, 7) is 14.4. The molecule has 3 fully saturated rings. The molecule has 2 aliphatic heterocycles. The summed E-state index contributed by atoms with van der Waals surface area (Å²) >= 11 is 0. The van der Waals surface area contributed by atoms with Gasteiger partial charge in [-0.1, -0.05) is 0 Å². The molecule has 3 heterocycles. The van der Waals surface area contributed by atoms with Crippen molar-refractivity contribution in [3.8, 4) is 0 Å². The summed E-state index contributed by atoms with van der Waals surface area (Å²) in [5.74, 6) is 1.39. The van der Waals surface area contributed by atoms with E-state index in [9.17, 15) is 19.2 Å². The van der Waals surface area contributed by atoms with Crippen LogP contribution in [-0.2, 0) is 9.53 Å². The average molecular weight is 617 g/mol. The second-order valence-corrected chi connectivity index (χ2v) is 14.1. The minimum Gasteiger partial charge on any atom is -0.444 e. The van der Waals surface area contributed by atoms with E-state index in [1.54, 1.807) is 61.2 Å². The molecule has 0 bridgehead atoms. The van der Waals surface area contributed by atoms with Gasteiger partial charge in [-0.05, 0) is 105 Å². The lowest BCUT2D eigenvalue weighted by atomic mass is 9.85. The van der Waals surface area contributed by atoms with E-state index in [-0.39, 0.29) is 29.5 Å². The number of carbonyl (C=O) groups is 3. The van der Waals surface area contributed by atoms with Crippen molar-refractivity contribution in [2.75, 3.05) is 64.7 Å². The molecule has 44 heavy (non-hydrogen) atoms. The van der Waals surface area contributed by atoms with Crippen LogP contribution in [0.1, 0.15) is 72.8 Å².